The summed E-state index contributed by atoms with van der Waals surface area (Å²) >= 11 is 0. The molecule has 2 fully saturated rings. The summed E-state index contributed by atoms with van der Waals surface area (Å²) in [7, 11) is 0. The van der Waals surface area contributed by atoms with Gasteiger partial charge in [0, 0.05) is 25.7 Å². The van der Waals surface area contributed by atoms with Crippen molar-refractivity contribution in [3.05, 3.63) is 71.8 Å². The number of rotatable bonds is 9. The van der Waals surface area contributed by atoms with E-state index < -0.39 is 5.97 Å². The van der Waals surface area contributed by atoms with E-state index in [0.717, 1.165) is 42.6 Å². The van der Waals surface area contributed by atoms with Crippen molar-refractivity contribution in [2.45, 2.75) is 39.7 Å². The smallest absolute Gasteiger partial charge is 0.337 e. The number of carboxylic acids is 1. The summed E-state index contributed by atoms with van der Waals surface area (Å²) in [6.07, 6.45) is 5.03. The number of aromatic nitrogens is 1. The first-order chi connectivity index (χ1) is 19.3. The Bertz CT molecular complexity index is 1360. The molecule has 3 heterocycles. The number of pyridine rings is 1. The van der Waals surface area contributed by atoms with Gasteiger partial charge in [-0.15, -0.1) is 0 Å². The van der Waals surface area contributed by atoms with Crippen LogP contribution >= 0.6 is 0 Å². The van der Waals surface area contributed by atoms with E-state index in [1.165, 1.54) is 24.4 Å². The van der Waals surface area contributed by atoms with Crippen LogP contribution in [0, 0.1) is 11.2 Å². The van der Waals surface area contributed by atoms with Crippen molar-refractivity contribution in [3.8, 4) is 22.6 Å². The second-order valence-corrected chi connectivity index (χ2v) is 10.5. The number of nitrogens with zero attached hydrogens (tertiary/aromatic N) is 3. The summed E-state index contributed by atoms with van der Waals surface area (Å²) in [5, 5.41) is 9.31. The van der Waals surface area contributed by atoms with Gasteiger partial charge < -0.3 is 19.5 Å². The molecule has 1 N–H and O–H groups in total. The van der Waals surface area contributed by atoms with Crippen LogP contribution in [0.15, 0.2) is 54.9 Å². The number of carboxylic acid groups (broad SMARTS) is 1. The molecule has 0 atom stereocenters. The van der Waals surface area contributed by atoms with Gasteiger partial charge in [-0.1, -0.05) is 12.1 Å². The molecule has 0 unspecified atom stereocenters. The van der Waals surface area contributed by atoms with Gasteiger partial charge in [-0.05, 0) is 86.7 Å². The first-order valence-electron chi connectivity index (χ1n) is 13.7. The number of anilines is 1. The Kier molecular flexibility index (Phi) is 8.02. The van der Waals surface area contributed by atoms with Crippen LogP contribution in [-0.4, -0.2) is 59.7 Å². The van der Waals surface area contributed by atoms with Crippen molar-refractivity contribution in [3.63, 3.8) is 0 Å². The molecule has 3 aromatic rings. The van der Waals surface area contributed by atoms with Crippen LogP contribution in [0.25, 0.3) is 11.1 Å². The first kappa shape index (κ1) is 27.6. The van der Waals surface area contributed by atoms with Gasteiger partial charge in [-0.2, -0.15) is 0 Å². The number of hydrogen-bond donors (Lipinski definition) is 1. The van der Waals surface area contributed by atoms with E-state index in [9.17, 15) is 19.1 Å². The molecule has 0 aliphatic carbocycles. The highest BCUT2D eigenvalue weighted by Crippen LogP contribution is 2.44. The van der Waals surface area contributed by atoms with E-state index in [-0.39, 0.29) is 22.7 Å². The number of carbonyl (C=O) groups excluding carboxylic acids is 1. The summed E-state index contributed by atoms with van der Waals surface area (Å²) < 4.78 is 25.6. The van der Waals surface area contributed by atoms with Crippen molar-refractivity contribution in [2.75, 3.05) is 37.7 Å². The Hall–Kier alpha value is -3.98. The average Bonchev–Trinajstić information content (AvgIpc) is 3.27. The second-order valence-electron chi connectivity index (χ2n) is 10.5. The molecular weight excluding hydrogens is 513 g/mol. The van der Waals surface area contributed by atoms with Crippen molar-refractivity contribution in [1.82, 2.24) is 9.88 Å². The van der Waals surface area contributed by atoms with Crippen LogP contribution in [-0.2, 0) is 11.3 Å². The highest BCUT2D eigenvalue weighted by atomic mass is 19.1. The summed E-state index contributed by atoms with van der Waals surface area (Å²) in [5.74, 6) is 0.0683. The lowest BCUT2D eigenvalue weighted by Gasteiger charge is -2.39. The fourth-order valence-corrected chi connectivity index (χ4v) is 5.78. The lowest BCUT2D eigenvalue weighted by atomic mass is 9.77. The molecule has 1 spiro atoms. The summed E-state index contributed by atoms with van der Waals surface area (Å²) in [6, 6.07) is 11.9. The molecule has 2 aliphatic rings. The Balaban J connectivity index is 1.30. The Morgan fingerprint density at radius 1 is 1.02 bits per heavy atom. The monoisotopic (exact) mass is 547 g/mol. The molecule has 40 heavy (non-hydrogen) atoms. The van der Waals surface area contributed by atoms with Gasteiger partial charge in [0.1, 0.15) is 17.3 Å². The quantitative estimate of drug-likeness (QED) is 0.383. The highest BCUT2D eigenvalue weighted by Gasteiger charge is 2.45. The van der Waals surface area contributed by atoms with Crippen LogP contribution < -0.4 is 14.4 Å². The zero-order valence-corrected chi connectivity index (χ0v) is 22.9. The minimum absolute atomic E-state index is 0.0110. The number of amides is 1. The fraction of sp³-hybridized carbons (Fsp3) is 0.387. The van der Waals surface area contributed by atoms with E-state index in [1.54, 1.807) is 23.2 Å². The number of benzene rings is 2. The fourth-order valence-electron chi connectivity index (χ4n) is 5.78. The molecule has 210 valence electrons. The van der Waals surface area contributed by atoms with E-state index in [0.29, 0.717) is 49.9 Å². The molecule has 1 aromatic heterocycles. The third-order valence-electron chi connectivity index (χ3n) is 7.78. The molecule has 8 nitrogen and oxygen atoms in total. The van der Waals surface area contributed by atoms with Crippen LogP contribution in [0.2, 0.25) is 0 Å². The van der Waals surface area contributed by atoms with E-state index in [4.69, 9.17) is 9.47 Å². The Morgan fingerprint density at radius 3 is 2.27 bits per heavy atom. The molecular formula is C31H34FN3O5. The third-order valence-corrected chi connectivity index (χ3v) is 7.78. The zero-order chi connectivity index (χ0) is 28.3. The van der Waals surface area contributed by atoms with Crippen LogP contribution in [0.5, 0.6) is 11.5 Å². The molecule has 9 heteroatoms. The number of piperidine rings is 1. The van der Waals surface area contributed by atoms with Crippen LogP contribution in [0.3, 0.4) is 0 Å². The van der Waals surface area contributed by atoms with Crippen LogP contribution in [0.1, 0.15) is 49.0 Å². The normalized spacial score (nSPS) is 16.9. The van der Waals surface area contributed by atoms with Crippen LogP contribution in [0.4, 0.5) is 10.1 Å². The minimum Gasteiger partial charge on any atom is -0.493 e. The Labute approximate surface area is 233 Å². The standard InChI is InChI=1S/C31H34FN3O5/c1-3-39-26-13-21(14-27(40-4-2)29(26)22-5-7-24(32)8-6-22)19-34-11-9-31(10-12-34)16-28(36)35(20-31)25-15-23(30(37)38)17-33-18-25/h5-8,13-15,17-18H,3-4,9-12,16,19-20H2,1-2H3,(H,37,38). The van der Waals surface area contributed by atoms with Gasteiger partial charge in [-0.25, -0.2) is 9.18 Å². The summed E-state index contributed by atoms with van der Waals surface area (Å²) in [4.78, 5) is 32.4. The molecule has 5 rings (SSSR count). The van der Waals surface area contributed by atoms with Gasteiger partial charge in [0.15, 0.2) is 0 Å². The van der Waals surface area contributed by atoms with Crippen molar-refractivity contribution >= 4 is 17.6 Å². The van der Waals surface area contributed by atoms with Crippen molar-refractivity contribution in [1.29, 1.82) is 0 Å². The highest BCUT2D eigenvalue weighted by molar-refractivity contribution is 5.97. The number of carbonyl (C=O) groups is 2. The number of ether oxygens (including phenoxy) is 2. The van der Waals surface area contributed by atoms with Gasteiger partial charge in [0.25, 0.3) is 0 Å². The molecule has 2 aromatic carbocycles. The first-order valence-corrected chi connectivity index (χ1v) is 13.7. The van der Waals surface area contributed by atoms with Crippen molar-refractivity contribution in [2.24, 2.45) is 5.41 Å². The molecule has 2 saturated heterocycles. The maximum Gasteiger partial charge on any atom is 0.337 e. The lowest BCUT2D eigenvalue weighted by molar-refractivity contribution is -0.118. The Morgan fingerprint density at radius 2 is 1.68 bits per heavy atom. The van der Waals surface area contributed by atoms with E-state index in [2.05, 4.69) is 9.88 Å². The SMILES string of the molecule is CCOc1cc(CN2CCC3(CC2)CC(=O)N(c2cncc(C(=O)O)c2)C3)cc(OCC)c1-c1ccc(F)cc1. The summed E-state index contributed by atoms with van der Waals surface area (Å²) in [5.41, 5.74) is 3.19. The van der Waals surface area contributed by atoms with Gasteiger partial charge >= 0.3 is 5.97 Å². The van der Waals surface area contributed by atoms with Gasteiger partial charge in [0.2, 0.25) is 5.91 Å². The second kappa shape index (κ2) is 11.6. The zero-order valence-electron chi connectivity index (χ0n) is 22.9. The van der Waals surface area contributed by atoms with Crippen molar-refractivity contribution < 1.29 is 28.6 Å². The maximum absolute atomic E-state index is 13.6. The van der Waals surface area contributed by atoms with E-state index >= 15 is 0 Å². The van der Waals surface area contributed by atoms with E-state index in [1.807, 2.05) is 26.0 Å². The average molecular weight is 548 g/mol. The van der Waals surface area contributed by atoms with Gasteiger partial charge in [0.05, 0.1) is 36.2 Å². The lowest BCUT2D eigenvalue weighted by Crippen LogP contribution is -2.41. The molecule has 0 bridgehead atoms. The molecule has 2 aliphatic heterocycles. The maximum atomic E-state index is 13.6. The molecule has 0 radical (unpaired) electrons. The number of likely N-dealkylation sites (tertiary alicyclic amines) is 1. The van der Waals surface area contributed by atoms with Gasteiger partial charge in [-0.3, -0.25) is 14.7 Å². The number of hydrogen-bond acceptors (Lipinski definition) is 6. The minimum atomic E-state index is -1.06. The topological polar surface area (TPSA) is 92.2 Å². The predicted octanol–water partition coefficient (Wildman–Crippen LogP) is 5.40. The number of aromatic carboxylic acids is 1. The predicted molar refractivity (Wildman–Crippen MR) is 149 cm³/mol. The summed E-state index contributed by atoms with van der Waals surface area (Å²) in [6.45, 7) is 7.81. The number of halogens is 1. The molecule has 0 saturated carbocycles. The molecule has 1 amide bonds. The largest absolute Gasteiger partial charge is 0.493 e. The third kappa shape index (κ3) is 5.79.